The Morgan fingerprint density at radius 3 is 2.80 bits per heavy atom. The van der Waals surface area contributed by atoms with Crippen molar-refractivity contribution < 1.29 is 23.1 Å². The van der Waals surface area contributed by atoms with Crippen molar-refractivity contribution in [3.63, 3.8) is 0 Å². The van der Waals surface area contributed by atoms with Crippen LogP contribution in [0.3, 0.4) is 0 Å². The van der Waals surface area contributed by atoms with Gasteiger partial charge in [0.25, 0.3) is 0 Å². The summed E-state index contributed by atoms with van der Waals surface area (Å²) in [7, 11) is -2.44. The highest BCUT2D eigenvalue weighted by Gasteiger charge is 2.25. The van der Waals surface area contributed by atoms with Gasteiger partial charge in [0.1, 0.15) is 10.9 Å². The minimum Gasteiger partial charge on any atom is -0.480 e. The van der Waals surface area contributed by atoms with Crippen LogP contribution in [-0.4, -0.2) is 44.2 Å². The molecule has 20 heavy (non-hydrogen) atoms. The fourth-order valence-electron chi connectivity index (χ4n) is 1.46. The van der Waals surface area contributed by atoms with Crippen molar-refractivity contribution in [3.05, 3.63) is 22.9 Å². The van der Waals surface area contributed by atoms with Gasteiger partial charge in [-0.25, -0.2) is 8.42 Å². The number of hydrogen-bond donors (Lipinski definition) is 2. The zero-order valence-corrected chi connectivity index (χ0v) is 13.1. The third kappa shape index (κ3) is 5.16. The minimum absolute atomic E-state index is 0.0927. The third-order valence-electron chi connectivity index (χ3n) is 2.43. The fraction of sp³-hybridized carbons (Fsp3) is 0.455. The number of nitrogens with one attached hydrogen (secondary N) is 1. The molecule has 1 aromatic rings. The molecule has 112 valence electrons. The summed E-state index contributed by atoms with van der Waals surface area (Å²) in [4.78, 5) is 14.7. The molecule has 0 aliphatic carbocycles. The lowest BCUT2D eigenvalue weighted by Crippen LogP contribution is -2.40. The van der Waals surface area contributed by atoms with E-state index in [1.54, 1.807) is 0 Å². The molecule has 0 aliphatic rings. The van der Waals surface area contributed by atoms with Gasteiger partial charge in [0, 0.05) is 30.6 Å². The molecule has 1 heterocycles. The highest BCUT2D eigenvalue weighted by Crippen LogP contribution is 2.15. The first-order valence-electron chi connectivity index (χ1n) is 5.71. The Balaban J connectivity index is 2.83. The Morgan fingerprint density at radius 2 is 2.25 bits per heavy atom. The van der Waals surface area contributed by atoms with Crippen LogP contribution in [0.5, 0.6) is 0 Å². The number of pyridine rings is 1. The van der Waals surface area contributed by atoms with Gasteiger partial charge in [-0.15, -0.1) is 0 Å². The van der Waals surface area contributed by atoms with E-state index in [1.165, 1.54) is 19.4 Å². The number of nitrogens with zero attached hydrogens (tertiary/aromatic N) is 1. The van der Waals surface area contributed by atoms with E-state index < -0.39 is 22.0 Å². The van der Waals surface area contributed by atoms with Crippen LogP contribution in [0, 0.1) is 0 Å². The highest BCUT2D eigenvalue weighted by atomic mass is 79.9. The van der Waals surface area contributed by atoms with Gasteiger partial charge in [0.2, 0.25) is 10.0 Å². The predicted molar refractivity (Wildman–Crippen MR) is 74.8 cm³/mol. The first-order valence-corrected chi connectivity index (χ1v) is 7.99. The average molecular weight is 367 g/mol. The number of aromatic nitrogens is 1. The molecule has 0 fully saturated rings. The zero-order chi connectivity index (χ0) is 15.2. The highest BCUT2D eigenvalue weighted by molar-refractivity contribution is 9.10. The van der Waals surface area contributed by atoms with Crippen LogP contribution in [0.4, 0.5) is 0 Å². The Bertz CT molecular complexity index is 564. The summed E-state index contributed by atoms with van der Waals surface area (Å²) in [6.07, 6.45) is 3.17. The summed E-state index contributed by atoms with van der Waals surface area (Å²) in [5.74, 6) is -1.23. The standard InChI is InChI=1S/C11H15BrN2O5S/c1-19-4-2-3-10(11(15)16)14-20(17,18)9-5-8(12)6-13-7-9/h5-7,10,14H,2-4H2,1H3,(H,15,16). The number of carbonyl (C=O) groups is 1. The Labute approximate surface area is 125 Å². The van der Waals surface area contributed by atoms with Crippen LogP contribution >= 0.6 is 15.9 Å². The molecular formula is C11H15BrN2O5S. The van der Waals surface area contributed by atoms with E-state index in [0.717, 1.165) is 6.20 Å². The van der Waals surface area contributed by atoms with E-state index in [9.17, 15) is 13.2 Å². The van der Waals surface area contributed by atoms with E-state index in [1.807, 2.05) is 0 Å². The van der Waals surface area contributed by atoms with Gasteiger partial charge in [0.15, 0.2) is 0 Å². The molecular weight excluding hydrogens is 352 g/mol. The van der Waals surface area contributed by atoms with Crippen molar-refractivity contribution in [3.8, 4) is 0 Å². The average Bonchev–Trinajstić information content (AvgIpc) is 2.37. The number of sulfonamides is 1. The van der Waals surface area contributed by atoms with Crippen molar-refractivity contribution in [2.24, 2.45) is 0 Å². The number of carboxylic acid groups (broad SMARTS) is 1. The second-order valence-electron chi connectivity index (χ2n) is 3.99. The predicted octanol–water partition coefficient (Wildman–Crippen LogP) is 1.00. The van der Waals surface area contributed by atoms with Gasteiger partial charge in [0.05, 0.1) is 0 Å². The zero-order valence-electron chi connectivity index (χ0n) is 10.7. The maximum Gasteiger partial charge on any atom is 0.321 e. The Kier molecular flexibility index (Phi) is 6.53. The number of aliphatic carboxylic acids is 1. The number of methoxy groups -OCH3 is 1. The molecule has 0 saturated carbocycles. The van der Waals surface area contributed by atoms with Gasteiger partial charge in [-0.05, 0) is 34.8 Å². The van der Waals surface area contributed by atoms with Gasteiger partial charge in [-0.3, -0.25) is 9.78 Å². The summed E-state index contributed by atoms with van der Waals surface area (Å²) in [6, 6.07) is 0.151. The van der Waals surface area contributed by atoms with Crippen molar-refractivity contribution in [2.45, 2.75) is 23.8 Å². The molecule has 0 radical (unpaired) electrons. The quantitative estimate of drug-likeness (QED) is 0.664. The molecule has 2 N–H and O–H groups in total. The number of ether oxygens (including phenoxy) is 1. The van der Waals surface area contributed by atoms with E-state index in [0.29, 0.717) is 17.5 Å². The van der Waals surface area contributed by atoms with Crippen molar-refractivity contribution in [1.82, 2.24) is 9.71 Å². The van der Waals surface area contributed by atoms with Crippen LogP contribution in [-0.2, 0) is 19.6 Å². The molecule has 1 atom stereocenters. The topological polar surface area (TPSA) is 106 Å². The van der Waals surface area contributed by atoms with Crippen molar-refractivity contribution in [2.75, 3.05) is 13.7 Å². The summed E-state index contributed by atoms with van der Waals surface area (Å²) in [6.45, 7) is 0.365. The van der Waals surface area contributed by atoms with Gasteiger partial charge in [-0.2, -0.15) is 4.72 Å². The minimum atomic E-state index is -3.93. The first kappa shape index (κ1) is 17.0. The van der Waals surface area contributed by atoms with Crippen LogP contribution in [0.1, 0.15) is 12.8 Å². The molecule has 0 bridgehead atoms. The molecule has 9 heteroatoms. The lowest BCUT2D eigenvalue weighted by atomic mass is 10.2. The summed E-state index contributed by atoms with van der Waals surface area (Å²) in [5, 5.41) is 9.04. The molecule has 0 spiro atoms. The van der Waals surface area contributed by atoms with Gasteiger partial charge >= 0.3 is 5.97 Å². The smallest absolute Gasteiger partial charge is 0.321 e. The van der Waals surface area contributed by atoms with E-state index >= 15 is 0 Å². The lowest BCUT2D eigenvalue weighted by molar-refractivity contribution is -0.139. The van der Waals surface area contributed by atoms with Gasteiger partial charge < -0.3 is 9.84 Å². The molecule has 1 rings (SSSR count). The summed E-state index contributed by atoms with van der Waals surface area (Å²) < 4.78 is 31.6. The van der Waals surface area contributed by atoms with Crippen LogP contribution in [0.25, 0.3) is 0 Å². The number of carboxylic acids is 1. The lowest BCUT2D eigenvalue weighted by Gasteiger charge is -2.14. The fourth-order valence-corrected chi connectivity index (χ4v) is 3.19. The van der Waals surface area contributed by atoms with Crippen molar-refractivity contribution in [1.29, 1.82) is 0 Å². The molecule has 0 amide bonds. The molecule has 0 aromatic carbocycles. The van der Waals surface area contributed by atoms with E-state index in [2.05, 4.69) is 25.6 Å². The van der Waals surface area contributed by atoms with Crippen LogP contribution < -0.4 is 4.72 Å². The third-order valence-corrected chi connectivity index (χ3v) is 4.30. The number of rotatable bonds is 8. The number of halogens is 1. The summed E-state index contributed by atoms with van der Waals surface area (Å²) >= 11 is 3.11. The maximum absolute atomic E-state index is 12.1. The van der Waals surface area contributed by atoms with E-state index in [-0.39, 0.29) is 11.3 Å². The summed E-state index contributed by atoms with van der Waals surface area (Å²) in [5.41, 5.74) is 0. The normalized spacial score (nSPS) is 13.1. The SMILES string of the molecule is COCCCC(NS(=O)(=O)c1cncc(Br)c1)C(=O)O. The second kappa shape index (κ2) is 7.67. The molecule has 0 aliphatic heterocycles. The monoisotopic (exact) mass is 366 g/mol. The maximum atomic E-state index is 12.1. The van der Waals surface area contributed by atoms with Crippen LogP contribution in [0.15, 0.2) is 27.8 Å². The van der Waals surface area contributed by atoms with E-state index in [4.69, 9.17) is 9.84 Å². The molecule has 1 unspecified atom stereocenters. The van der Waals surface area contributed by atoms with Crippen molar-refractivity contribution >= 4 is 31.9 Å². The first-order chi connectivity index (χ1) is 9.36. The Hall–Kier alpha value is -1.03. The molecule has 7 nitrogen and oxygen atoms in total. The van der Waals surface area contributed by atoms with Gasteiger partial charge in [-0.1, -0.05) is 0 Å². The molecule has 0 saturated heterocycles. The largest absolute Gasteiger partial charge is 0.480 e. The second-order valence-corrected chi connectivity index (χ2v) is 6.62. The van der Waals surface area contributed by atoms with Crippen LogP contribution in [0.2, 0.25) is 0 Å². The molecule has 1 aromatic heterocycles. The number of hydrogen-bond acceptors (Lipinski definition) is 5. The Morgan fingerprint density at radius 1 is 1.55 bits per heavy atom.